The minimum atomic E-state index is -1.16. The molecule has 4 N–H and O–H groups in total. The van der Waals surface area contributed by atoms with Crippen molar-refractivity contribution in [1.82, 2.24) is 0 Å². The Morgan fingerprint density at radius 2 is 1.73 bits per heavy atom. The maximum atomic E-state index is 9.64. The number of carboxylic acid groups (broad SMARTS) is 1. The molecule has 0 bridgehead atoms. The van der Waals surface area contributed by atoms with E-state index in [0.717, 1.165) is 6.08 Å². The first-order valence-corrected chi connectivity index (χ1v) is 2.27. The van der Waals surface area contributed by atoms with Gasteiger partial charge in [-0.2, -0.15) is 0 Å². The molecular weight excluding hydrogens is 159 g/mol. The van der Waals surface area contributed by atoms with E-state index < -0.39 is 5.97 Å². The molecule has 0 aromatic carbocycles. The summed E-state index contributed by atoms with van der Waals surface area (Å²) in [4.78, 5) is 9.64. The van der Waals surface area contributed by atoms with Crippen LogP contribution in [0.15, 0.2) is 24.3 Å². The quantitative estimate of drug-likeness (QED) is 0.236. The van der Waals surface area contributed by atoms with Crippen molar-refractivity contribution >= 4 is 5.97 Å². The molecule has 5 heteroatoms. The molecule has 0 fully saturated rings. The monoisotopic (exact) mass is 170 g/mol. The second kappa shape index (κ2) is 16.5. The Morgan fingerprint density at radius 1 is 1.27 bits per heavy atom. The molecular formula is C6H11NaO4. The van der Waals surface area contributed by atoms with Gasteiger partial charge in [-0.3, -0.25) is 0 Å². The van der Waals surface area contributed by atoms with E-state index in [-0.39, 0.29) is 40.5 Å². The van der Waals surface area contributed by atoms with Gasteiger partial charge >= 0.3 is 29.6 Å². The Hall–Kier alpha value is -0.130. The third-order valence-corrected chi connectivity index (χ3v) is 0.536. The molecule has 0 aliphatic heterocycles. The molecule has 0 spiro atoms. The van der Waals surface area contributed by atoms with Crippen molar-refractivity contribution in [2.24, 2.45) is 0 Å². The fourth-order valence-corrected chi connectivity index (χ4v) is 0.245. The van der Waals surface area contributed by atoms with Gasteiger partial charge in [-0.15, -0.1) is 0 Å². The van der Waals surface area contributed by atoms with Crippen LogP contribution in [0.1, 0.15) is 6.92 Å². The zero-order valence-corrected chi connectivity index (χ0v) is 8.63. The maximum Gasteiger partial charge on any atom is 1.00 e. The van der Waals surface area contributed by atoms with Crippen molar-refractivity contribution < 1.29 is 50.4 Å². The number of carbonyl (C=O) groups is 1. The molecule has 0 unspecified atom stereocenters. The topological polar surface area (TPSA) is 103 Å². The minimum absolute atomic E-state index is 0. The largest absolute Gasteiger partial charge is 1.00 e. The number of hydrogen-bond donors (Lipinski definition) is 0. The molecule has 0 radical (unpaired) electrons. The first kappa shape index (κ1) is 22.4. The number of carboxylic acids is 1. The van der Waals surface area contributed by atoms with Gasteiger partial charge in [0.15, 0.2) is 0 Å². The Kier molecular flexibility index (Phi) is 33.6. The van der Waals surface area contributed by atoms with Crippen LogP contribution in [0.2, 0.25) is 0 Å². The first-order chi connectivity index (χ1) is 3.77. The van der Waals surface area contributed by atoms with Gasteiger partial charge in [0.05, 0.1) is 5.97 Å². The van der Waals surface area contributed by atoms with Crippen LogP contribution in [-0.2, 0) is 4.79 Å². The van der Waals surface area contributed by atoms with Crippen LogP contribution in [0.3, 0.4) is 0 Å². The number of aliphatic carboxylic acids is 1. The molecule has 0 aliphatic rings. The molecule has 60 valence electrons. The first-order valence-electron chi connectivity index (χ1n) is 2.27. The van der Waals surface area contributed by atoms with Crippen molar-refractivity contribution in [3.05, 3.63) is 24.3 Å². The van der Waals surface area contributed by atoms with Gasteiger partial charge in [-0.25, -0.2) is 0 Å². The van der Waals surface area contributed by atoms with E-state index in [1.54, 1.807) is 19.1 Å². The van der Waals surface area contributed by atoms with Crippen LogP contribution in [0.5, 0.6) is 0 Å². The van der Waals surface area contributed by atoms with Crippen LogP contribution in [0.25, 0.3) is 0 Å². The molecule has 11 heavy (non-hydrogen) atoms. The van der Waals surface area contributed by atoms with E-state index in [4.69, 9.17) is 0 Å². The van der Waals surface area contributed by atoms with E-state index in [1.807, 2.05) is 0 Å². The van der Waals surface area contributed by atoms with Crippen LogP contribution in [-0.4, -0.2) is 16.9 Å². The molecule has 0 atom stereocenters. The summed E-state index contributed by atoms with van der Waals surface area (Å²) in [5.41, 5.74) is 0. The van der Waals surface area contributed by atoms with Crippen molar-refractivity contribution in [3.63, 3.8) is 0 Å². The maximum absolute atomic E-state index is 9.64. The average molecular weight is 170 g/mol. The van der Waals surface area contributed by atoms with E-state index in [2.05, 4.69) is 0 Å². The van der Waals surface area contributed by atoms with Crippen LogP contribution in [0, 0.1) is 0 Å². The zero-order chi connectivity index (χ0) is 6.41. The SMILES string of the molecule is C/C=C/C=C/C(=O)[O-].O.O.[Na+]. The van der Waals surface area contributed by atoms with Crippen molar-refractivity contribution in [3.8, 4) is 0 Å². The van der Waals surface area contributed by atoms with Crippen molar-refractivity contribution in [2.75, 3.05) is 0 Å². The van der Waals surface area contributed by atoms with Gasteiger partial charge in [0.2, 0.25) is 0 Å². The number of rotatable bonds is 2. The molecule has 0 saturated heterocycles. The van der Waals surface area contributed by atoms with Crippen molar-refractivity contribution in [2.45, 2.75) is 6.92 Å². The average Bonchev–Trinajstić information content (AvgIpc) is 1.66. The van der Waals surface area contributed by atoms with Crippen LogP contribution in [0.4, 0.5) is 0 Å². The van der Waals surface area contributed by atoms with Gasteiger partial charge < -0.3 is 20.9 Å². The van der Waals surface area contributed by atoms with E-state index in [9.17, 15) is 9.90 Å². The molecule has 0 heterocycles. The molecule has 0 saturated carbocycles. The summed E-state index contributed by atoms with van der Waals surface area (Å²) in [7, 11) is 0. The van der Waals surface area contributed by atoms with Crippen LogP contribution >= 0.6 is 0 Å². The molecule has 0 aromatic heterocycles. The minimum Gasteiger partial charge on any atom is -0.545 e. The Labute approximate surface area is 87.5 Å². The van der Waals surface area contributed by atoms with Gasteiger partial charge in [0, 0.05) is 0 Å². The smallest absolute Gasteiger partial charge is 0.545 e. The van der Waals surface area contributed by atoms with E-state index in [0.29, 0.717) is 0 Å². The second-order valence-corrected chi connectivity index (χ2v) is 1.20. The van der Waals surface area contributed by atoms with Gasteiger partial charge in [-0.1, -0.05) is 18.2 Å². The van der Waals surface area contributed by atoms with Gasteiger partial charge in [0.1, 0.15) is 0 Å². The molecule has 4 nitrogen and oxygen atoms in total. The predicted octanol–water partition coefficient (Wildman–Crippen LogP) is -4.78. The third-order valence-electron chi connectivity index (χ3n) is 0.536. The number of hydrogen-bond acceptors (Lipinski definition) is 2. The van der Waals surface area contributed by atoms with E-state index in [1.165, 1.54) is 6.08 Å². The number of carbonyl (C=O) groups excluding carboxylic acids is 1. The molecule has 0 aliphatic carbocycles. The zero-order valence-electron chi connectivity index (χ0n) is 6.63. The summed E-state index contributed by atoms with van der Waals surface area (Å²) in [5.74, 6) is -1.16. The van der Waals surface area contributed by atoms with E-state index >= 15 is 0 Å². The molecule has 0 aromatic rings. The molecule has 0 rings (SSSR count). The summed E-state index contributed by atoms with van der Waals surface area (Å²) in [6.45, 7) is 1.81. The summed E-state index contributed by atoms with van der Waals surface area (Å²) in [6, 6.07) is 0. The summed E-state index contributed by atoms with van der Waals surface area (Å²) < 4.78 is 0. The number of allylic oxidation sites excluding steroid dienone is 3. The molecule has 0 amide bonds. The Balaban J connectivity index is -0.0000000817. The van der Waals surface area contributed by atoms with Crippen molar-refractivity contribution in [1.29, 1.82) is 0 Å². The van der Waals surface area contributed by atoms with Gasteiger partial charge in [0.25, 0.3) is 0 Å². The van der Waals surface area contributed by atoms with Crippen LogP contribution < -0.4 is 34.7 Å². The summed E-state index contributed by atoms with van der Waals surface area (Å²) >= 11 is 0. The second-order valence-electron chi connectivity index (χ2n) is 1.20. The predicted molar refractivity (Wildman–Crippen MR) is 36.2 cm³/mol. The third kappa shape index (κ3) is 25.8. The fraction of sp³-hybridized carbons (Fsp3) is 0.167. The summed E-state index contributed by atoms with van der Waals surface area (Å²) in [6.07, 6.45) is 5.74. The Morgan fingerprint density at radius 3 is 2.00 bits per heavy atom. The fourth-order valence-electron chi connectivity index (χ4n) is 0.245. The van der Waals surface area contributed by atoms with Gasteiger partial charge in [-0.05, 0) is 13.0 Å². The summed E-state index contributed by atoms with van der Waals surface area (Å²) in [5, 5.41) is 9.64. The normalized spacial score (nSPS) is 8.09. The Bertz CT molecular complexity index is 131. The standard InChI is InChI=1S/C6H8O2.Na.2H2O/c1-2-3-4-5-6(7)8;;;/h2-5H,1H3,(H,7,8);;2*1H2/q;+1;;/p-1/b3-2+,5-4+;;;.